The van der Waals surface area contributed by atoms with Gasteiger partial charge in [0.2, 0.25) is 5.91 Å². The fraction of sp³-hybridized carbons (Fsp3) is 0.556. The van der Waals surface area contributed by atoms with Crippen LogP contribution in [-0.4, -0.2) is 35.6 Å². The maximum Gasteiger partial charge on any atom is 0.410 e. The SMILES string of the molecule is CC(C)C[C@H](C(=O)Nc1ccccc1)N(C)C(=O)OC(C)(C)C. The predicted octanol–water partition coefficient (Wildman–Crippen LogP) is 3.91. The number of benzene rings is 1. The number of nitrogens with zero attached hydrogens (tertiary/aromatic N) is 1. The molecule has 1 aromatic rings. The number of ether oxygens (including phenoxy) is 1. The number of carbonyl (C=O) groups excluding carboxylic acids is 2. The Bertz CT molecular complexity index is 521. The molecule has 0 aliphatic heterocycles. The molecule has 1 N–H and O–H groups in total. The Balaban J connectivity index is 2.86. The quantitative estimate of drug-likeness (QED) is 0.895. The molecule has 1 rings (SSSR count). The molecule has 0 heterocycles. The monoisotopic (exact) mass is 320 g/mol. The van der Waals surface area contributed by atoms with Crippen molar-refractivity contribution in [2.75, 3.05) is 12.4 Å². The summed E-state index contributed by atoms with van der Waals surface area (Å²) in [5, 5.41) is 2.86. The van der Waals surface area contributed by atoms with Crippen LogP contribution in [0.5, 0.6) is 0 Å². The summed E-state index contributed by atoms with van der Waals surface area (Å²) in [7, 11) is 1.60. The van der Waals surface area contributed by atoms with Crippen LogP contribution in [0.1, 0.15) is 41.0 Å². The molecular weight excluding hydrogens is 292 g/mol. The third-order valence-electron chi connectivity index (χ3n) is 3.19. The first kappa shape index (κ1) is 19.0. The lowest BCUT2D eigenvalue weighted by Gasteiger charge is -2.30. The standard InChI is InChI=1S/C18H28N2O3/c1-13(2)12-15(20(6)17(22)23-18(3,4)5)16(21)19-14-10-8-7-9-11-14/h7-11,13,15H,12H2,1-6H3,(H,19,21)/t15-/m1/s1. The van der Waals surface area contributed by atoms with Gasteiger partial charge >= 0.3 is 6.09 Å². The summed E-state index contributed by atoms with van der Waals surface area (Å²) in [5.74, 6) is 0.0599. The van der Waals surface area contributed by atoms with Gasteiger partial charge in [-0.3, -0.25) is 9.69 Å². The van der Waals surface area contributed by atoms with Gasteiger partial charge in [0.05, 0.1) is 0 Å². The molecule has 0 unspecified atom stereocenters. The highest BCUT2D eigenvalue weighted by Crippen LogP contribution is 2.17. The Morgan fingerprint density at radius 3 is 2.22 bits per heavy atom. The van der Waals surface area contributed by atoms with Crippen LogP contribution in [0.15, 0.2) is 30.3 Å². The Morgan fingerprint density at radius 2 is 1.74 bits per heavy atom. The number of nitrogens with one attached hydrogen (secondary N) is 1. The third-order valence-corrected chi connectivity index (χ3v) is 3.19. The van der Waals surface area contributed by atoms with E-state index in [0.717, 1.165) is 0 Å². The minimum absolute atomic E-state index is 0.210. The Hall–Kier alpha value is -2.04. The number of likely N-dealkylation sites (N-methyl/N-ethyl adjacent to an activating group) is 1. The van der Waals surface area contributed by atoms with Gasteiger partial charge in [0.15, 0.2) is 0 Å². The first-order chi connectivity index (χ1) is 10.6. The van der Waals surface area contributed by atoms with E-state index in [9.17, 15) is 9.59 Å². The van der Waals surface area contributed by atoms with E-state index >= 15 is 0 Å². The number of hydrogen-bond donors (Lipinski definition) is 1. The largest absolute Gasteiger partial charge is 0.444 e. The fourth-order valence-electron chi connectivity index (χ4n) is 2.10. The molecular formula is C18H28N2O3. The number of amides is 2. The van der Waals surface area contributed by atoms with Crippen LogP contribution in [-0.2, 0) is 9.53 Å². The minimum Gasteiger partial charge on any atom is -0.444 e. The molecule has 2 amide bonds. The molecule has 0 radical (unpaired) electrons. The molecule has 0 saturated carbocycles. The van der Waals surface area contributed by atoms with Gasteiger partial charge in [0.25, 0.3) is 0 Å². The number of carbonyl (C=O) groups is 2. The fourth-order valence-corrected chi connectivity index (χ4v) is 2.10. The van der Waals surface area contributed by atoms with Gasteiger partial charge in [-0.1, -0.05) is 32.0 Å². The molecule has 0 fully saturated rings. The zero-order valence-electron chi connectivity index (χ0n) is 14.9. The van der Waals surface area contributed by atoms with Crippen LogP contribution in [0.2, 0.25) is 0 Å². The van der Waals surface area contributed by atoms with Crippen LogP contribution >= 0.6 is 0 Å². The smallest absolute Gasteiger partial charge is 0.410 e. The van der Waals surface area contributed by atoms with Crippen molar-refractivity contribution in [2.45, 2.75) is 52.7 Å². The second kappa shape index (κ2) is 7.99. The van der Waals surface area contributed by atoms with Gasteiger partial charge in [-0.2, -0.15) is 0 Å². The molecule has 5 nitrogen and oxygen atoms in total. The van der Waals surface area contributed by atoms with Crippen LogP contribution in [0, 0.1) is 5.92 Å². The second-order valence-electron chi connectivity index (χ2n) is 7.09. The van der Waals surface area contributed by atoms with E-state index in [2.05, 4.69) is 5.32 Å². The first-order valence-electron chi connectivity index (χ1n) is 7.92. The summed E-state index contributed by atoms with van der Waals surface area (Å²) < 4.78 is 5.37. The van der Waals surface area contributed by atoms with Crippen molar-refractivity contribution >= 4 is 17.7 Å². The maximum absolute atomic E-state index is 12.6. The van der Waals surface area contributed by atoms with Crippen LogP contribution in [0.3, 0.4) is 0 Å². The topological polar surface area (TPSA) is 58.6 Å². The van der Waals surface area contributed by atoms with Crippen molar-refractivity contribution in [1.82, 2.24) is 4.90 Å². The highest BCUT2D eigenvalue weighted by molar-refractivity contribution is 5.96. The van der Waals surface area contributed by atoms with Gasteiger partial charge in [-0.05, 0) is 45.2 Å². The lowest BCUT2D eigenvalue weighted by molar-refractivity contribution is -0.121. The number of rotatable bonds is 5. The van der Waals surface area contributed by atoms with Crippen molar-refractivity contribution in [3.8, 4) is 0 Å². The predicted molar refractivity (Wildman–Crippen MR) is 92.3 cm³/mol. The van der Waals surface area contributed by atoms with Crippen molar-refractivity contribution in [3.63, 3.8) is 0 Å². The van der Waals surface area contributed by atoms with E-state index < -0.39 is 17.7 Å². The minimum atomic E-state index is -0.594. The molecule has 0 spiro atoms. The van der Waals surface area contributed by atoms with Crippen molar-refractivity contribution in [1.29, 1.82) is 0 Å². The molecule has 0 aliphatic rings. The van der Waals surface area contributed by atoms with Gasteiger partial charge in [-0.25, -0.2) is 4.79 Å². The normalized spacial score (nSPS) is 12.7. The van der Waals surface area contributed by atoms with Crippen LogP contribution in [0.4, 0.5) is 10.5 Å². The molecule has 0 saturated heterocycles. The summed E-state index contributed by atoms with van der Waals surface area (Å²) >= 11 is 0. The summed E-state index contributed by atoms with van der Waals surface area (Å²) in [6, 6.07) is 8.64. The molecule has 1 atom stereocenters. The molecule has 23 heavy (non-hydrogen) atoms. The first-order valence-corrected chi connectivity index (χ1v) is 7.92. The third kappa shape index (κ3) is 6.72. The van der Waals surface area contributed by atoms with Crippen LogP contribution in [0.25, 0.3) is 0 Å². The van der Waals surface area contributed by atoms with Crippen molar-refractivity contribution < 1.29 is 14.3 Å². The Kier molecular flexibility index (Phi) is 6.61. The summed E-state index contributed by atoms with van der Waals surface area (Å²) in [4.78, 5) is 26.2. The highest BCUT2D eigenvalue weighted by atomic mass is 16.6. The van der Waals surface area contributed by atoms with Crippen LogP contribution < -0.4 is 5.32 Å². The Morgan fingerprint density at radius 1 is 1.17 bits per heavy atom. The zero-order chi connectivity index (χ0) is 17.6. The number of anilines is 1. The molecule has 128 valence electrons. The van der Waals surface area contributed by atoms with Gasteiger partial charge in [0.1, 0.15) is 11.6 Å². The summed E-state index contributed by atoms with van der Waals surface area (Å²) in [6.45, 7) is 9.46. The molecule has 0 aliphatic carbocycles. The van der Waals surface area contributed by atoms with E-state index in [1.165, 1.54) is 4.90 Å². The number of hydrogen-bond acceptors (Lipinski definition) is 3. The average Bonchev–Trinajstić information content (AvgIpc) is 2.43. The van der Waals surface area contributed by atoms with Gasteiger partial charge < -0.3 is 10.1 Å². The Labute approximate surface area is 139 Å². The van der Waals surface area contributed by atoms with E-state index in [-0.39, 0.29) is 11.8 Å². The van der Waals surface area contributed by atoms with Crippen molar-refractivity contribution in [2.24, 2.45) is 5.92 Å². The van der Waals surface area contributed by atoms with Gasteiger partial charge in [-0.15, -0.1) is 0 Å². The molecule has 0 aromatic heterocycles. The number of para-hydroxylation sites is 1. The average molecular weight is 320 g/mol. The molecule has 1 aromatic carbocycles. The van der Waals surface area contributed by atoms with E-state index in [1.807, 2.05) is 44.2 Å². The van der Waals surface area contributed by atoms with E-state index in [4.69, 9.17) is 4.74 Å². The summed E-state index contributed by atoms with van der Waals surface area (Å²) in [5.41, 5.74) is 0.118. The maximum atomic E-state index is 12.6. The molecule has 5 heteroatoms. The van der Waals surface area contributed by atoms with E-state index in [0.29, 0.717) is 12.1 Å². The van der Waals surface area contributed by atoms with Gasteiger partial charge in [0, 0.05) is 12.7 Å². The lowest BCUT2D eigenvalue weighted by Crippen LogP contribution is -2.47. The van der Waals surface area contributed by atoms with Crippen molar-refractivity contribution in [3.05, 3.63) is 30.3 Å². The lowest BCUT2D eigenvalue weighted by atomic mass is 10.0. The van der Waals surface area contributed by atoms with E-state index in [1.54, 1.807) is 27.8 Å². The summed E-state index contributed by atoms with van der Waals surface area (Å²) in [6.07, 6.45) is 0.0698. The highest BCUT2D eigenvalue weighted by Gasteiger charge is 2.30. The zero-order valence-corrected chi connectivity index (χ0v) is 14.9. The molecule has 0 bridgehead atoms. The second-order valence-corrected chi connectivity index (χ2v) is 7.09.